The van der Waals surface area contributed by atoms with Crippen molar-refractivity contribution in [2.24, 2.45) is 5.92 Å². The number of aromatic nitrogens is 2. The van der Waals surface area contributed by atoms with E-state index in [4.69, 9.17) is 9.26 Å². The summed E-state index contributed by atoms with van der Waals surface area (Å²) in [6, 6.07) is 7.58. The van der Waals surface area contributed by atoms with Crippen LogP contribution < -0.4 is 4.74 Å². The molecule has 0 bridgehead atoms. The van der Waals surface area contributed by atoms with Gasteiger partial charge in [-0.25, -0.2) is 0 Å². The monoisotopic (exact) mass is 382 g/mol. The van der Waals surface area contributed by atoms with E-state index >= 15 is 0 Å². The van der Waals surface area contributed by atoms with Crippen molar-refractivity contribution >= 4 is 5.91 Å². The van der Waals surface area contributed by atoms with Gasteiger partial charge in [0.05, 0.1) is 13.7 Å². The number of carbonyl (C=O) groups excluding carboxylic acids is 1. The van der Waals surface area contributed by atoms with Crippen molar-refractivity contribution in [2.45, 2.75) is 25.8 Å². The van der Waals surface area contributed by atoms with Crippen molar-refractivity contribution in [1.82, 2.24) is 19.9 Å². The van der Waals surface area contributed by atoms with E-state index in [-0.39, 0.29) is 5.91 Å². The number of piperazine rings is 1. The Bertz CT molecular complexity index is 822. The molecule has 1 fully saturated rings. The lowest BCUT2D eigenvalue weighted by atomic mass is 10.0. The van der Waals surface area contributed by atoms with Crippen LogP contribution in [0, 0.1) is 5.92 Å². The van der Waals surface area contributed by atoms with Crippen LogP contribution in [0.15, 0.2) is 40.9 Å². The van der Waals surface area contributed by atoms with Crippen LogP contribution in [0.3, 0.4) is 0 Å². The summed E-state index contributed by atoms with van der Waals surface area (Å²) < 4.78 is 10.6. The highest BCUT2D eigenvalue weighted by Crippen LogP contribution is 2.22. The fraction of sp³-hybridized carbons (Fsp3) is 0.476. The summed E-state index contributed by atoms with van der Waals surface area (Å²) >= 11 is 0. The molecule has 2 aliphatic rings. The third-order valence-corrected chi connectivity index (χ3v) is 5.45. The average molecular weight is 382 g/mol. The van der Waals surface area contributed by atoms with Crippen LogP contribution in [-0.2, 0) is 11.3 Å². The van der Waals surface area contributed by atoms with Gasteiger partial charge >= 0.3 is 0 Å². The first-order valence-corrected chi connectivity index (χ1v) is 9.85. The van der Waals surface area contributed by atoms with Crippen molar-refractivity contribution in [3.8, 4) is 17.1 Å². The molecule has 1 aromatic heterocycles. The first-order chi connectivity index (χ1) is 13.7. The maximum Gasteiger partial charge on any atom is 0.241 e. The van der Waals surface area contributed by atoms with Crippen LogP contribution in [0.25, 0.3) is 11.4 Å². The Morgan fingerprint density at radius 1 is 1.21 bits per heavy atom. The maximum atomic E-state index is 12.4. The smallest absolute Gasteiger partial charge is 0.241 e. The van der Waals surface area contributed by atoms with E-state index in [1.165, 1.54) is 0 Å². The SMILES string of the molecule is COc1ccc(-c2noc(CN3CCN(C(=O)CC4C=CCC4)CC3)n2)cc1. The van der Waals surface area contributed by atoms with Crippen LogP contribution in [-0.4, -0.2) is 59.1 Å². The third-order valence-electron chi connectivity index (χ3n) is 5.45. The largest absolute Gasteiger partial charge is 0.497 e. The van der Waals surface area contributed by atoms with Crippen LogP contribution in [0.1, 0.15) is 25.2 Å². The number of rotatable bonds is 6. The molecule has 7 nitrogen and oxygen atoms in total. The van der Waals surface area contributed by atoms with Gasteiger partial charge in [-0.15, -0.1) is 0 Å². The van der Waals surface area contributed by atoms with Gasteiger partial charge in [-0.05, 0) is 43.0 Å². The average Bonchev–Trinajstić information content (AvgIpc) is 3.41. The molecule has 1 unspecified atom stereocenters. The molecule has 4 rings (SSSR count). The molecule has 2 heterocycles. The van der Waals surface area contributed by atoms with Crippen LogP contribution in [0.5, 0.6) is 5.75 Å². The minimum Gasteiger partial charge on any atom is -0.497 e. The standard InChI is InChI=1S/C21H26N4O3/c1-27-18-8-6-17(7-9-18)21-22-19(28-23-21)15-24-10-12-25(13-11-24)20(26)14-16-4-2-3-5-16/h2,4,6-9,16H,3,5,10-15H2,1H3. The molecule has 2 aromatic rings. The molecule has 1 amide bonds. The fourth-order valence-electron chi connectivity index (χ4n) is 3.74. The van der Waals surface area contributed by atoms with Gasteiger partial charge in [0, 0.05) is 38.2 Å². The lowest BCUT2D eigenvalue weighted by Gasteiger charge is -2.34. The number of allylic oxidation sites excluding steroid dienone is 2. The third kappa shape index (κ3) is 4.42. The summed E-state index contributed by atoms with van der Waals surface area (Å²) in [4.78, 5) is 21.2. The molecule has 0 spiro atoms. The molecule has 148 valence electrons. The molecule has 1 atom stereocenters. The predicted octanol–water partition coefficient (Wildman–Crippen LogP) is 2.75. The van der Waals surface area contributed by atoms with Gasteiger partial charge in [0.2, 0.25) is 17.6 Å². The molecule has 0 radical (unpaired) electrons. The van der Waals surface area contributed by atoms with Gasteiger partial charge in [-0.1, -0.05) is 17.3 Å². The molecular formula is C21H26N4O3. The topological polar surface area (TPSA) is 71.7 Å². The van der Waals surface area contributed by atoms with E-state index in [0.29, 0.717) is 30.6 Å². The zero-order valence-electron chi connectivity index (χ0n) is 16.2. The van der Waals surface area contributed by atoms with Gasteiger partial charge in [-0.2, -0.15) is 4.98 Å². The summed E-state index contributed by atoms with van der Waals surface area (Å²) in [5, 5.41) is 4.08. The number of ether oxygens (including phenoxy) is 1. The maximum absolute atomic E-state index is 12.4. The molecule has 1 aromatic carbocycles. The van der Waals surface area contributed by atoms with Crippen molar-refractivity contribution in [2.75, 3.05) is 33.3 Å². The number of hydrogen-bond donors (Lipinski definition) is 0. The Morgan fingerprint density at radius 3 is 2.68 bits per heavy atom. The van der Waals surface area contributed by atoms with Gasteiger partial charge in [0.25, 0.3) is 0 Å². The van der Waals surface area contributed by atoms with Crippen molar-refractivity contribution < 1.29 is 14.1 Å². The van der Waals surface area contributed by atoms with Crippen LogP contribution in [0.2, 0.25) is 0 Å². The highest BCUT2D eigenvalue weighted by atomic mass is 16.5. The van der Waals surface area contributed by atoms with Crippen molar-refractivity contribution in [3.63, 3.8) is 0 Å². The second kappa shape index (κ2) is 8.56. The summed E-state index contributed by atoms with van der Waals surface area (Å²) in [5.41, 5.74) is 0.896. The quantitative estimate of drug-likeness (QED) is 0.716. The Kier molecular flexibility index (Phi) is 5.71. The summed E-state index contributed by atoms with van der Waals surface area (Å²) in [7, 11) is 1.64. The minimum absolute atomic E-state index is 0.274. The van der Waals surface area contributed by atoms with E-state index in [0.717, 1.165) is 50.3 Å². The van der Waals surface area contributed by atoms with Crippen LogP contribution in [0.4, 0.5) is 0 Å². The van der Waals surface area contributed by atoms with E-state index in [2.05, 4.69) is 27.2 Å². The predicted molar refractivity (Wildman–Crippen MR) is 105 cm³/mol. The highest BCUT2D eigenvalue weighted by Gasteiger charge is 2.24. The molecule has 28 heavy (non-hydrogen) atoms. The number of carbonyl (C=O) groups is 1. The number of nitrogens with zero attached hydrogens (tertiary/aromatic N) is 4. The van der Waals surface area contributed by atoms with Crippen molar-refractivity contribution in [3.05, 3.63) is 42.3 Å². The number of methoxy groups -OCH3 is 1. The lowest BCUT2D eigenvalue weighted by molar-refractivity contribution is -0.133. The first kappa shape index (κ1) is 18.7. The number of amides is 1. The minimum atomic E-state index is 0.274. The molecule has 1 saturated heterocycles. The van der Waals surface area contributed by atoms with Gasteiger partial charge < -0.3 is 14.2 Å². The lowest BCUT2D eigenvalue weighted by Crippen LogP contribution is -2.48. The zero-order chi connectivity index (χ0) is 19.3. The van der Waals surface area contributed by atoms with E-state index in [9.17, 15) is 4.79 Å². The summed E-state index contributed by atoms with van der Waals surface area (Å²) in [6.07, 6.45) is 7.23. The zero-order valence-corrected chi connectivity index (χ0v) is 16.2. The Morgan fingerprint density at radius 2 is 2.00 bits per heavy atom. The molecule has 7 heteroatoms. The van der Waals surface area contributed by atoms with E-state index in [1.807, 2.05) is 29.2 Å². The number of hydrogen-bond acceptors (Lipinski definition) is 6. The molecular weight excluding hydrogens is 356 g/mol. The Labute approximate surface area is 165 Å². The van der Waals surface area contributed by atoms with Crippen LogP contribution >= 0.6 is 0 Å². The second-order valence-electron chi connectivity index (χ2n) is 7.37. The van der Waals surface area contributed by atoms with E-state index < -0.39 is 0 Å². The summed E-state index contributed by atoms with van der Waals surface area (Å²) in [6.45, 7) is 3.78. The molecule has 0 saturated carbocycles. The highest BCUT2D eigenvalue weighted by molar-refractivity contribution is 5.76. The van der Waals surface area contributed by atoms with Gasteiger partial charge in [0.15, 0.2) is 0 Å². The summed E-state index contributed by atoms with van der Waals surface area (Å²) in [5.74, 6) is 2.68. The van der Waals surface area contributed by atoms with E-state index in [1.54, 1.807) is 7.11 Å². The van der Waals surface area contributed by atoms with Gasteiger partial charge in [-0.3, -0.25) is 9.69 Å². The van der Waals surface area contributed by atoms with Crippen molar-refractivity contribution in [1.29, 1.82) is 0 Å². The Balaban J connectivity index is 1.27. The Hall–Kier alpha value is -2.67. The number of benzene rings is 1. The molecule has 1 aliphatic heterocycles. The second-order valence-corrected chi connectivity index (χ2v) is 7.37. The fourth-order valence-corrected chi connectivity index (χ4v) is 3.74. The first-order valence-electron chi connectivity index (χ1n) is 9.85. The molecule has 0 N–H and O–H groups in total. The normalized spacial score (nSPS) is 19.9. The van der Waals surface area contributed by atoms with Gasteiger partial charge in [0.1, 0.15) is 5.75 Å². The molecule has 1 aliphatic carbocycles.